The molecule has 0 aromatic heterocycles. The van der Waals surface area contributed by atoms with Crippen LogP contribution in [0, 0.1) is 18.6 Å². The van der Waals surface area contributed by atoms with Gasteiger partial charge in [0.1, 0.15) is 0 Å². The van der Waals surface area contributed by atoms with E-state index in [9.17, 15) is 13.9 Å². The van der Waals surface area contributed by atoms with Gasteiger partial charge in [-0.15, -0.1) is 0 Å². The number of halogens is 3. The molecule has 1 nitrogen and oxygen atoms in total. The first kappa shape index (κ1) is 14.0. The lowest BCUT2D eigenvalue weighted by atomic mass is 9.97. The van der Waals surface area contributed by atoms with Crippen LogP contribution in [0.3, 0.4) is 0 Å². The Labute approximate surface area is 115 Å². The third-order valence-corrected chi connectivity index (χ3v) is 3.49. The molecule has 0 aliphatic rings. The predicted molar refractivity (Wildman–Crippen MR) is 71.2 cm³/mol. The Morgan fingerprint density at radius 3 is 2.58 bits per heavy atom. The molecule has 2 rings (SSSR count). The molecule has 0 saturated carbocycles. The minimum Gasteiger partial charge on any atom is -0.388 e. The lowest BCUT2D eigenvalue weighted by molar-refractivity contribution is 0.177. The van der Waals surface area contributed by atoms with E-state index < -0.39 is 17.7 Å². The largest absolute Gasteiger partial charge is 0.388 e. The average molecular weight is 283 g/mol. The fourth-order valence-corrected chi connectivity index (χ4v) is 2.17. The maximum Gasteiger partial charge on any atom is 0.159 e. The van der Waals surface area contributed by atoms with Crippen LogP contribution in [0.5, 0.6) is 0 Å². The molecule has 0 bridgehead atoms. The first-order valence-corrected chi connectivity index (χ1v) is 6.24. The Morgan fingerprint density at radius 2 is 1.89 bits per heavy atom. The molecule has 19 heavy (non-hydrogen) atoms. The zero-order chi connectivity index (χ0) is 14.0. The maximum atomic E-state index is 13.1. The molecule has 0 saturated heterocycles. The molecule has 0 fully saturated rings. The van der Waals surface area contributed by atoms with Crippen molar-refractivity contribution in [2.45, 2.75) is 19.4 Å². The first-order valence-electron chi connectivity index (χ1n) is 5.86. The summed E-state index contributed by atoms with van der Waals surface area (Å²) in [5, 5.41) is 10.7. The SMILES string of the molecule is Cc1c(Cl)cccc1C(O)Cc1ccc(F)c(F)c1. The summed E-state index contributed by atoms with van der Waals surface area (Å²) in [6.45, 7) is 1.81. The van der Waals surface area contributed by atoms with Gasteiger partial charge >= 0.3 is 0 Å². The van der Waals surface area contributed by atoms with E-state index in [0.717, 1.165) is 17.7 Å². The molecule has 0 spiro atoms. The molecule has 4 heteroatoms. The fourth-order valence-electron chi connectivity index (χ4n) is 1.98. The van der Waals surface area contributed by atoms with E-state index in [2.05, 4.69) is 0 Å². The highest BCUT2D eigenvalue weighted by Gasteiger charge is 2.14. The molecule has 1 N–H and O–H groups in total. The van der Waals surface area contributed by atoms with Gasteiger partial charge in [-0.25, -0.2) is 8.78 Å². The zero-order valence-electron chi connectivity index (χ0n) is 10.3. The summed E-state index contributed by atoms with van der Waals surface area (Å²) in [5.41, 5.74) is 2.02. The normalized spacial score (nSPS) is 12.5. The predicted octanol–water partition coefficient (Wildman–Crippen LogP) is 4.20. The van der Waals surface area contributed by atoms with Gasteiger partial charge in [-0.1, -0.05) is 29.8 Å². The smallest absolute Gasteiger partial charge is 0.159 e. The highest BCUT2D eigenvalue weighted by Crippen LogP contribution is 2.26. The van der Waals surface area contributed by atoms with Gasteiger partial charge in [0, 0.05) is 11.4 Å². The summed E-state index contributed by atoms with van der Waals surface area (Å²) in [5.74, 6) is -1.80. The molecule has 0 radical (unpaired) electrons. The van der Waals surface area contributed by atoms with Crippen molar-refractivity contribution in [3.8, 4) is 0 Å². The van der Waals surface area contributed by atoms with Crippen LogP contribution in [0.2, 0.25) is 5.02 Å². The summed E-state index contributed by atoms with van der Waals surface area (Å²) in [6, 6.07) is 8.87. The van der Waals surface area contributed by atoms with Crippen molar-refractivity contribution in [2.24, 2.45) is 0 Å². The number of rotatable bonds is 3. The van der Waals surface area contributed by atoms with Crippen LogP contribution < -0.4 is 0 Å². The molecular weight excluding hydrogens is 270 g/mol. The topological polar surface area (TPSA) is 20.2 Å². The van der Waals surface area contributed by atoms with Gasteiger partial charge in [0.25, 0.3) is 0 Å². The summed E-state index contributed by atoms with van der Waals surface area (Å²) in [4.78, 5) is 0. The summed E-state index contributed by atoms with van der Waals surface area (Å²) >= 11 is 5.99. The Hall–Kier alpha value is -1.45. The van der Waals surface area contributed by atoms with Crippen LogP contribution in [0.25, 0.3) is 0 Å². The Kier molecular flexibility index (Phi) is 4.17. The summed E-state index contributed by atoms with van der Waals surface area (Å²) in [6.07, 6.45) is -0.596. The second kappa shape index (κ2) is 5.68. The molecule has 2 aromatic carbocycles. The number of aliphatic hydroxyl groups excluding tert-OH is 1. The van der Waals surface area contributed by atoms with Crippen LogP contribution in [0.15, 0.2) is 36.4 Å². The van der Waals surface area contributed by atoms with E-state index in [1.54, 1.807) is 18.2 Å². The number of hydrogen-bond donors (Lipinski definition) is 1. The molecule has 1 atom stereocenters. The monoisotopic (exact) mass is 282 g/mol. The van der Waals surface area contributed by atoms with Crippen LogP contribution in [0.4, 0.5) is 8.78 Å². The van der Waals surface area contributed by atoms with E-state index >= 15 is 0 Å². The van der Waals surface area contributed by atoms with Crippen molar-refractivity contribution in [2.75, 3.05) is 0 Å². The van der Waals surface area contributed by atoms with Gasteiger partial charge in [0.05, 0.1) is 6.10 Å². The van der Waals surface area contributed by atoms with Crippen LogP contribution in [0.1, 0.15) is 22.8 Å². The van der Waals surface area contributed by atoms with Crippen molar-refractivity contribution in [1.82, 2.24) is 0 Å². The van der Waals surface area contributed by atoms with E-state index in [0.29, 0.717) is 16.1 Å². The molecule has 0 amide bonds. The van der Waals surface area contributed by atoms with E-state index in [1.165, 1.54) is 6.07 Å². The van der Waals surface area contributed by atoms with Crippen molar-refractivity contribution in [3.05, 3.63) is 69.7 Å². The molecular formula is C15H13ClF2O. The van der Waals surface area contributed by atoms with Crippen molar-refractivity contribution < 1.29 is 13.9 Å². The Bertz CT molecular complexity index is 599. The third kappa shape index (κ3) is 3.11. The van der Waals surface area contributed by atoms with Crippen molar-refractivity contribution >= 4 is 11.6 Å². The Morgan fingerprint density at radius 1 is 1.16 bits per heavy atom. The van der Waals surface area contributed by atoms with Crippen molar-refractivity contribution in [1.29, 1.82) is 0 Å². The molecule has 100 valence electrons. The quantitative estimate of drug-likeness (QED) is 0.894. The fraction of sp³-hybridized carbons (Fsp3) is 0.200. The summed E-state index contributed by atoms with van der Waals surface area (Å²) < 4.78 is 25.9. The van der Waals surface area contributed by atoms with Gasteiger partial charge in [0.15, 0.2) is 11.6 Å². The maximum absolute atomic E-state index is 13.1. The standard InChI is InChI=1S/C15H13ClF2O/c1-9-11(3-2-4-12(9)16)15(19)8-10-5-6-13(17)14(18)7-10/h2-7,15,19H,8H2,1H3. The molecule has 1 unspecified atom stereocenters. The average Bonchev–Trinajstić information content (AvgIpc) is 2.37. The van der Waals surface area contributed by atoms with E-state index in [1.807, 2.05) is 6.92 Å². The van der Waals surface area contributed by atoms with Crippen LogP contribution >= 0.6 is 11.6 Å². The van der Waals surface area contributed by atoms with Gasteiger partial charge < -0.3 is 5.11 Å². The molecule has 0 aliphatic carbocycles. The second-order valence-corrected chi connectivity index (χ2v) is 4.83. The highest BCUT2D eigenvalue weighted by atomic mass is 35.5. The van der Waals surface area contributed by atoms with E-state index in [-0.39, 0.29) is 6.42 Å². The van der Waals surface area contributed by atoms with Crippen molar-refractivity contribution in [3.63, 3.8) is 0 Å². The first-order chi connectivity index (χ1) is 8.99. The van der Waals surface area contributed by atoms with Crippen LogP contribution in [-0.4, -0.2) is 5.11 Å². The number of aliphatic hydroxyl groups is 1. The van der Waals surface area contributed by atoms with Crippen LogP contribution in [-0.2, 0) is 6.42 Å². The summed E-state index contributed by atoms with van der Waals surface area (Å²) in [7, 11) is 0. The zero-order valence-corrected chi connectivity index (χ0v) is 11.1. The molecule has 2 aromatic rings. The van der Waals surface area contributed by atoms with Gasteiger partial charge in [-0.2, -0.15) is 0 Å². The minimum absolute atomic E-state index is 0.207. The minimum atomic E-state index is -0.910. The second-order valence-electron chi connectivity index (χ2n) is 4.42. The number of hydrogen-bond acceptors (Lipinski definition) is 1. The molecule has 0 heterocycles. The van der Waals surface area contributed by atoms with E-state index in [4.69, 9.17) is 11.6 Å². The van der Waals surface area contributed by atoms with Gasteiger partial charge in [-0.05, 0) is 41.8 Å². The van der Waals surface area contributed by atoms with Gasteiger partial charge in [-0.3, -0.25) is 0 Å². The van der Waals surface area contributed by atoms with Gasteiger partial charge in [0.2, 0.25) is 0 Å². The Balaban J connectivity index is 2.23. The number of benzene rings is 2. The lowest BCUT2D eigenvalue weighted by Crippen LogP contribution is -2.04. The lowest BCUT2D eigenvalue weighted by Gasteiger charge is -2.14. The highest BCUT2D eigenvalue weighted by molar-refractivity contribution is 6.31. The molecule has 0 aliphatic heterocycles. The third-order valence-electron chi connectivity index (χ3n) is 3.08.